The first-order chi connectivity index (χ1) is 14.7. The molecule has 0 bridgehead atoms. The van der Waals surface area contributed by atoms with Gasteiger partial charge in [-0.3, -0.25) is 4.79 Å². The highest BCUT2D eigenvalue weighted by molar-refractivity contribution is 8.00. The molecule has 2 heterocycles. The molecule has 4 rings (SSSR count). The number of carbonyl (C=O) groups excluding carboxylic acids is 1. The number of carbonyl (C=O) groups is 1. The van der Waals surface area contributed by atoms with Gasteiger partial charge in [-0.05, 0) is 30.9 Å². The molecule has 6 heteroatoms. The maximum Gasteiger partial charge on any atom is 0.230 e. The molecule has 0 fully saturated rings. The highest BCUT2D eigenvalue weighted by Gasteiger charge is 2.15. The molecule has 1 amide bonds. The molecule has 0 spiro atoms. The van der Waals surface area contributed by atoms with Crippen LogP contribution in [0.4, 0.5) is 0 Å². The van der Waals surface area contributed by atoms with Crippen molar-refractivity contribution >= 4 is 39.2 Å². The van der Waals surface area contributed by atoms with Gasteiger partial charge in [-0.25, -0.2) is 9.97 Å². The van der Waals surface area contributed by atoms with E-state index < -0.39 is 0 Å². The Bertz CT molecular complexity index is 1110. The molecule has 4 aromatic rings. The summed E-state index contributed by atoms with van der Waals surface area (Å²) in [6.07, 6.45) is 3.45. The molecule has 4 nitrogen and oxygen atoms in total. The van der Waals surface area contributed by atoms with Crippen molar-refractivity contribution < 1.29 is 4.79 Å². The first kappa shape index (κ1) is 20.6. The van der Waals surface area contributed by atoms with Crippen LogP contribution < -0.4 is 5.32 Å². The Kier molecular flexibility index (Phi) is 6.77. The zero-order valence-electron chi connectivity index (χ0n) is 16.7. The lowest BCUT2D eigenvalue weighted by Gasteiger charge is -2.14. The molecule has 2 aromatic carbocycles. The minimum absolute atomic E-state index is 0.0313. The number of hydrogen-bond donors (Lipinski definition) is 1. The molecule has 0 saturated carbocycles. The molecule has 2 aromatic heterocycles. The van der Waals surface area contributed by atoms with Gasteiger partial charge in [0, 0.05) is 17.0 Å². The minimum atomic E-state index is 0.0313. The van der Waals surface area contributed by atoms with Crippen LogP contribution in [-0.4, -0.2) is 27.7 Å². The summed E-state index contributed by atoms with van der Waals surface area (Å²) in [5.41, 5.74) is 3.55. The molecular weight excluding hydrogens is 410 g/mol. The molecule has 1 atom stereocenters. The molecule has 0 aliphatic carbocycles. The molecular formula is C24H23N3OS2. The van der Waals surface area contributed by atoms with Crippen molar-refractivity contribution in [1.82, 2.24) is 15.3 Å². The van der Waals surface area contributed by atoms with Crippen molar-refractivity contribution in [3.63, 3.8) is 0 Å². The number of benzene rings is 2. The number of hydrogen-bond acceptors (Lipinski definition) is 5. The van der Waals surface area contributed by atoms with E-state index in [2.05, 4.69) is 51.9 Å². The van der Waals surface area contributed by atoms with Crippen LogP contribution in [-0.2, 0) is 11.2 Å². The lowest BCUT2D eigenvalue weighted by molar-refractivity contribution is -0.119. The number of thiophene rings is 1. The monoisotopic (exact) mass is 433 g/mol. The third-order valence-corrected chi connectivity index (χ3v) is 6.75. The molecule has 0 aliphatic heterocycles. The lowest BCUT2D eigenvalue weighted by Crippen LogP contribution is -2.34. The second-order valence-electron chi connectivity index (χ2n) is 7.16. The summed E-state index contributed by atoms with van der Waals surface area (Å²) < 4.78 is 0. The first-order valence-corrected chi connectivity index (χ1v) is 11.8. The van der Waals surface area contributed by atoms with Gasteiger partial charge >= 0.3 is 0 Å². The lowest BCUT2D eigenvalue weighted by atomic mass is 10.1. The smallest absolute Gasteiger partial charge is 0.230 e. The number of aryl methyl sites for hydroxylation is 1. The number of rotatable bonds is 8. The highest BCUT2D eigenvalue weighted by atomic mass is 32.2. The van der Waals surface area contributed by atoms with E-state index in [9.17, 15) is 4.79 Å². The maximum absolute atomic E-state index is 12.5. The summed E-state index contributed by atoms with van der Waals surface area (Å²) in [6.45, 7) is 2.06. The summed E-state index contributed by atoms with van der Waals surface area (Å²) in [5, 5.41) is 7.11. The second-order valence-corrected chi connectivity index (χ2v) is 8.98. The number of fused-ring (bicyclic) bond motifs is 1. The molecule has 1 N–H and O–H groups in total. The zero-order valence-corrected chi connectivity index (χ0v) is 18.4. The van der Waals surface area contributed by atoms with Crippen molar-refractivity contribution in [2.45, 2.75) is 30.8 Å². The average Bonchev–Trinajstić information content (AvgIpc) is 3.22. The Morgan fingerprint density at radius 2 is 1.80 bits per heavy atom. The molecule has 152 valence electrons. The summed E-state index contributed by atoms with van der Waals surface area (Å²) in [7, 11) is 0. The van der Waals surface area contributed by atoms with Crippen LogP contribution in [0.25, 0.3) is 21.3 Å². The highest BCUT2D eigenvalue weighted by Crippen LogP contribution is 2.37. The van der Waals surface area contributed by atoms with E-state index in [1.165, 1.54) is 17.3 Å². The summed E-state index contributed by atoms with van der Waals surface area (Å²) >= 11 is 3.08. The van der Waals surface area contributed by atoms with E-state index in [0.717, 1.165) is 39.2 Å². The van der Waals surface area contributed by atoms with Gasteiger partial charge in [-0.2, -0.15) is 0 Å². The first-order valence-electron chi connectivity index (χ1n) is 9.94. The molecule has 30 heavy (non-hydrogen) atoms. The van der Waals surface area contributed by atoms with Gasteiger partial charge < -0.3 is 5.32 Å². The number of aromatic nitrogens is 2. The minimum Gasteiger partial charge on any atom is -0.353 e. The predicted molar refractivity (Wildman–Crippen MR) is 126 cm³/mol. The van der Waals surface area contributed by atoms with Crippen LogP contribution in [0.5, 0.6) is 0 Å². The Balaban J connectivity index is 1.38. The third kappa shape index (κ3) is 5.07. The van der Waals surface area contributed by atoms with E-state index in [1.807, 2.05) is 36.4 Å². The normalized spacial score (nSPS) is 12.0. The fraction of sp³-hybridized carbons (Fsp3) is 0.208. The van der Waals surface area contributed by atoms with Crippen LogP contribution in [0.15, 0.2) is 77.4 Å². The molecule has 0 unspecified atom stereocenters. The van der Waals surface area contributed by atoms with Crippen molar-refractivity contribution in [2.24, 2.45) is 0 Å². The van der Waals surface area contributed by atoms with E-state index in [1.54, 1.807) is 17.7 Å². The van der Waals surface area contributed by atoms with Gasteiger partial charge in [-0.15, -0.1) is 11.3 Å². The van der Waals surface area contributed by atoms with E-state index >= 15 is 0 Å². The van der Waals surface area contributed by atoms with Crippen LogP contribution >= 0.6 is 23.1 Å². The van der Waals surface area contributed by atoms with Crippen molar-refractivity contribution in [1.29, 1.82) is 0 Å². The average molecular weight is 434 g/mol. The summed E-state index contributed by atoms with van der Waals surface area (Å²) in [6, 6.07) is 20.7. The summed E-state index contributed by atoms with van der Waals surface area (Å²) in [5.74, 6) is 0.370. The number of nitrogens with zero attached hydrogens (tertiary/aromatic N) is 2. The van der Waals surface area contributed by atoms with Gasteiger partial charge in [0.2, 0.25) is 5.91 Å². The fourth-order valence-corrected chi connectivity index (χ4v) is 5.14. The van der Waals surface area contributed by atoms with E-state index in [4.69, 9.17) is 0 Å². The SMILES string of the molecule is C[C@H](CCc1ccccc1)NC(=O)CSc1ncnc2scc(-c3ccccc3)c12. The largest absolute Gasteiger partial charge is 0.353 e. The Labute approximate surface area is 184 Å². The second kappa shape index (κ2) is 9.87. The van der Waals surface area contributed by atoms with E-state index in [0.29, 0.717) is 5.75 Å². The molecule has 0 aliphatic rings. The Morgan fingerprint density at radius 3 is 2.57 bits per heavy atom. The van der Waals surface area contributed by atoms with Gasteiger partial charge in [0.25, 0.3) is 0 Å². The van der Waals surface area contributed by atoms with Gasteiger partial charge in [0.15, 0.2) is 0 Å². The van der Waals surface area contributed by atoms with Crippen LogP contribution in [0.1, 0.15) is 18.9 Å². The van der Waals surface area contributed by atoms with Crippen molar-refractivity contribution in [2.75, 3.05) is 5.75 Å². The fourth-order valence-electron chi connectivity index (χ4n) is 3.34. The van der Waals surface area contributed by atoms with Crippen LogP contribution in [0.3, 0.4) is 0 Å². The molecule has 0 radical (unpaired) electrons. The predicted octanol–water partition coefficient (Wildman–Crippen LogP) is 5.59. The van der Waals surface area contributed by atoms with Crippen LogP contribution in [0.2, 0.25) is 0 Å². The molecule has 0 saturated heterocycles. The number of nitrogens with one attached hydrogen (secondary N) is 1. The van der Waals surface area contributed by atoms with Crippen molar-refractivity contribution in [3.05, 3.63) is 77.9 Å². The number of amides is 1. The quantitative estimate of drug-likeness (QED) is 0.291. The van der Waals surface area contributed by atoms with Gasteiger partial charge in [0.1, 0.15) is 16.2 Å². The standard InChI is InChI=1S/C24H23N3OS2/c1-17(12-13-18-8-4-2-5-9-18)27-21(28)15-30-24-22-20(19-10-6-3-7-11-19)14-29-23(22)25-16-26-24/h2-11,14,16-17H,12-13,15H2,1H3,(H,27,28)/t17-/m1/s1. The maximum atomic E-state index is 12.5. The number of thioether (sulfide) groups is 1. The van der Waals surface area contributed by atoms with Crippen LogP contribution in [0, 0.1) is 0 Å². The Hall–Kier alpha value is -2.70. The summed E-state index contributed by atoms with van der Waals surface area (Å²) in [4.78, 5) is 22.3. The topological polar surface area (TPSA) is 54.9 Å². The zero-order chi connectivity index (χ0) is 20.8. The third-order valence-electron chi connectivity index (χ3n) is 4.88. The van der Waals surface area contributed by atoms with Crippen molar-refractivity contribution in [3.8, 4) is 11.1 Å². The van der Waals surface area contributed by atoms with E-state index in [-0.39, 0.29) is 11.9 Å². The van der Waals surface area contributed by atoms with Gasteiger partial charge in [-0.1, -0.05) is 72.4 Å². The Morgan fingerprint density at radius 1 is 1.07 bits per heavy atom. The van der Waals surface area contributed by atoms with Gasteiger partial charge in [0.05, 0.1) is 11.1 Å².